The van der Waals surface area contributed by atoms with Crippen molar-refractivity contribution in [2.24, 2.45) is 5.92 Å². The Kier molecular flexibility index (Phi) is 3.76. The fraction of sp³-hybridized carbons (Fsp3) is 0.300. The smallest absolute Gasteiger partial charge is 0.308 e. The summed E-state index contributed by atoms with van der Waals surface area (Å²) in [5.41, 5.74) is -0.257. The molecule has 0 heterocycles. The van der Waals surface area contributed by atoms with E-state index in [0.717, 1.165) is 0 Å². The minimum Gasteiger partial charge on any atom is -0.481 e. The summed E-state index contributed by atoms with van der Waals surface area (Å²) < 4.78 is 38.4. The molecule has 0 aliphatic rings. The van der Waals surface area contributed by atoms with Gasteiger partial charge < -0.3 is 10.4 Å². The summed E-state index contributed by atoms with van der Waals surface area (Å²) in [6.45, 7) is 1.34. The van der Waals surface area contributed by atoms with Crippen molar-refractivity contribution in [2.75, 3.05) is 11.9 Å². The second kappa shape index (κ2) is 4.87. The Balaban J connectivity index is 2.74. The van der Waals surface area contributed by atoms with E-state index in [9.17, 15) is 18.0 Å². The fourth-order valence-corrected chi connectivity index (χ4v) is 1.01. The van der Waals surface area contributed by atoms with Crippen LogP contribution >= 0.6 is 0 Å². The molecule has 0 radical (unpaired) electrons. The first-order valence-electron chi connectivity index (χ1n) is 4.53. The van der Waals surface area contributed by atoms with Gasteiger partial charge in [0.25, 0.3) is 0 Å². The molecule has 2 N–H and O–H groups in total. The molecule has 1 unspecified atom stereocenters. The molecular formula is C10H10F3NO2. The predicted molar refractivity (Wildman–Crippen MR) is 51.6 cm³/mol. The van der Waals surface area contributed by atoms with E-state index in [2.05, 4.69) is 5.32 Å². The average molecular weight is 233 g/mol. The first-order chi connectivity index (χ1) is 7.41. The Bertz CT molecular complexity index is 409. The van der Waals surface area contributed by atoms with Crippen LogP contribution in [-0.2, 0) is 4.79 Å². The number of carboxylic acid groups (broad SMARTS) is 1. The summed E-state index contributed by atoms with van der Waals surface area (Å²) in [4.78, 5) is 10.5. The maximum absolute atomic E-state index is 13.1. The molecule has 16 heavy (non-hydrogen) atoms. The second-order valence-corrected chi connectivity index (χ2v) is 3.37. The molecule has 0 saturated heterocycles. The molecule has 0 saturated carbocycles. The highest BCUT2D eigenvalue weighted by molar-refractivity contribution is 5.70. The van der Waals surface area contributed by atoms with Gasteiger partial charge in [-0.2, -0.15) is 0 Å². The van der Waals surface area contributed by atoms with E-state index >= 15 is 0 Å². The van der Waals surface area contributed by atoms with Gasteiger partial charge in [-0.05, 0) is 0 Å². The van der Waals surface area contributed by atoms with Gasteiger partial charge in [-0.25, -0.2) is 13.2 Å². The lowest BCUT2D eigenvalue weighted by molar-refractivity contribution is -0.140. The van der Waals surface area contributed by atoms with Crippen LogP contribution in [0.2, 0.25) is 0 Å². The van der Waals surface area contributed by atoms with Gasteiger partial charge >= 0.3 is 5.97 Å². The minimum absolute atomic E-state index is 0.0721. The van der Waals surface area contributed by atoms with Crippen LogP contribution in [0.3, 0.4) is 0 Å². The first-order valence-corrected chi connectivity index (χ1v) is 4.53. The molecule has 3 nitrogen and oxygen atoms in total. The van der Waals surface area contributed by atoms with Gasteiger partial charge in [0.05, 0.1) is 11.6 Å². The SMILES string of the molecule is CC(CNc1cc(F)c(F)cc1F)C(=O)O. The van der Waals surface area contributed by atoms with Crippen molar-refractivity contribution in [3.8, 4) is 0 Å². The molecule has 6 heteroatoms. The number of carboxylic acids is 1. The zero-order chi connectivity index (χ0) is 12.3. The van der Waals surface area contributed by atoms with E-state index in [1.165, 1.54) is 6.92 Å². The molecule has 1 aromatic rings. The summed E-state index contributed by atoms with van der Waals surface area (Å²) in [5.74, 6) is -5.25. The van der Waals surface area contributed by atoms with Gasteiger partial charge in [0.2, 0.25) is 0 Å². The zero-order valence-corrected chi connectivity index (χ0v) is 8.43. The van der Waals surface area contributed by atoms with Crippen molar-refractivity contribution < 1.29 is 23.1 Å². The minimum atomic E-state index is -1.28. The maximum Gasteiger partial charge on any atom is 0.308 e. The molecule has 0 spiro atoms. The number of anilines is 1. The van der Waals surface area contributed by atoms with Crippen LogP contribution < -0.4 is 5.32 Å². The molecule has 0 fully saturated rings. The van der Waals surface area contributed by atoms with E-state index in [1.54, 1.807) is 0 Å². The molecule has 1 rings (SSSR count). The van der Waals surface area contributed by atoms with E-state index in [1.807, 2.05) is 0 Å². The number of benzene rings is 1. The maximum atomic E-state index is 13.1. The average Bonchev–Trinajstić information content (AvgIpc) is 2.20. The van der Waals surface area contributed by atoms with Crippen molar-refractivity contribution >= 4 is 11.7 Å². The third-order valence-electron chi connectivity index (χ3n) is 2.03. The molecule has 0 aliphatic carbocycles. The molecule has 1 aromatic carbocycles. The highest BCUT2D eigenvalue weighted by atomic mass is 19.2. The third kappa shape index (κ3) is 2.88. The lowest BCUT2D eigenvalue weighted by atomic mass is 10.2. The Hall–Kier alpha value is -1.72. The summed E-state index contributed by atoms with van der Waals surface area (Å²) in [5, 5.41) is 11.0. The fourth-order valence-electron chi connectivity index (χ4n) is 1.01. The summed E-state index contributed by atoms with van der Waals surface area (Å²) in [7, 11) is 0. The number of halogens is 3. The summed E-state index contributed by atoms with van der Waals surface area (Å²) in [6, 6.07) is 1.06. The molecular weight excluding hydrogens is 223 g/mol. The number of nitrogens with one attached hydrogen (secondary N) is 1. The summed E-state index contributed by atoms with van der Waals surface area (Å²) >= 11 is 0. The lowest BCUT2D eigenvalue weighted by Crippen LogP contribution is -2.20. The van der Waals surface area contributed by atoms with Gasteiger partial charge in [0.1, 0.15) is 5.82 Å². The van der Waals surface area contributed by atoms with E-state index in [4.69, 9.17) is 5.11 Å². The molecule has 0 aliphatic heterocycles. The van der Waals surface area contributed by atoms with Crippen molar-refractivity contribution in [3.63, 3.8) is 0 Å². The molecule has 0 aromatic heterocycles. The number of hydrogen-bond acceptors (Lipinski definition) is 2. The van der Waals surface area contributed by atoms with Gasteiger partial charge in [-0.3, -0.25) is 4.79 Å². The monoisotopic (exact) mass is 233 g/mol. The van der Waals surface area contributed by atoms with E-state index in [-0.39, 0.29) is 12.2 Å². The molecule has 88 valence electrons. The van der Waals surface area contributed by atoms with Crippen LogP contribution in [0.5, 0.6) is 0 Å². The van der Waals surface area contributed by atoms with Crippen LogP contribution in [0.25, 0.3) is 0 Å². The van der Waals surface area contributed by atoms with Crippen LogP contribution in [0.15, 0.2) is 12.1 Å². The first kappa shape index (κ1) is 12.4. The number of aliphatic carboxylic acids is 1. The molecule has 0 amide bonds. The Morgan fingerprint density at radius 2 is 1.88 bits per heavy atom. The topological polar surface area (TPSA) is 49.3 Å². The Morgan fingerprint density at radius 1 is 1.31 bits per heavy atom. The largest absolute Gasteiger partial charge is 0.481 e. The highest BCUT2D eigenvalue weighted by Crippen LogP contribution is 2.18. The zero-order valence-electron chi connectivity index (χ0n) is 8.43. The lowest BCUT2D eigenvalue weighted by Gasteiger charge is -2.10. The van der Waals surface area contributed by atoms with Crippen LogP contribution in [0.4, 0.5) is 18.9 Å². The van der Waals surface area contributed by atoms with Crippen LogP contribution in [-0.4, -0.2) is 17.6 Å². The van der Waals surface area contributed by atoms with E-state index in [0.29, 0.717) is 12.1 Å². The standard InChI is InChI=1S/C10H10F3NO2/c1-5(10(15)16)4-14-9-3-7(12)6(11)2-8(9)13/h2-3,5,14H,4H2,1H3,(H,15,16). The highest BCUT2D eigenvalue weighted by Gasteiger charge is 2.13. The van der Waals surface area contributed by atoms with Crippen LogP contribution in [0, 0.1) is 23.4 Å². The Labute approximate surface area is 89.9 Å². The van der Waals surface area contributed by atoms with Crippen LogP contribution in [0.1, 0.15) is 6.92 Å². The van der Waals surface area contributed by atoms with Gasteiger partial charge in [0, 0.05) is 18.7 Å². The molecule has 1 atom stereocenters. The van der Waals surface area contributed by atoms with Crippen molar-refractivity contribution in [1.29, 1.82) is 0 Å². The normalized spacial score (nSPS) is 12.2. The predicted octanol–water partition coefficient (Wildman–Crippen LogP) is 2.24. The number of rotatable bonds is 4. The van der Waals surface area contributed by atoms with Gasteiger partial charge in [-0.15, -0.1) is 0 Å². The summed E-state index contributed by atoms with van der Waals surface area (Å²) in [6.07, 6.45) is 0. The number of hydrogen-bond donors (Lipinski definition) is 2. The van der Waals surface area contributed by atoms with Crippen molar-refractivity contribution in [1.82, 2.24) is 0 Å². The second-order valence-electron chi connectivity index (χ2n) is 3.37. The van der Waals surface area contributed by atoms with Crippen molar-refractivity contribution in [2.45, 2.75) is 6.92 Å². The third-order valence-corrected chi connectivity index (χ3v) is 2.03. The number of carbonyl (C=O) groups is 1. The quantitative estimate of drug-likeness (QED) is 0.784. The Morgan fingerprint density at radius 3 is 2.44 bits per heavy atom. The van der Waals surface area contributed by atoms with Crippen molar-refractivity contribution in [3.05, 3.63) is 29.6 Å². The van der Waals surface area contributed by atoms with Gasteiger partial charge in [-0.1, -0.05) is 6.92 Å². The molecule has 0 bridgehead atoms. The van der Waals surface area contributed by atoms with E-state index < -0.39 is 29.3 Å². The van der Waals surface area contributed by atoms with Gasteiger partial charge in [0.15, 0.2) is 11.6 Å².